The van der Waals surface area contributed by atoms with Gasteiger partial charge in [-0.15, -0.1) is 0 Å². The molecule has 2 fully saturated rings. The van der Waals surface area contributed by atoms with Gasteiger partial charge < -0.3 is 9.47 Å². The van der Waals surface area contributed by atoms with E-state index in [0.29, 0.717) is 23.5 Å². The summed E-state index contributed by atoms with van der Waals surface area (Å²) >= 11 is 3.76. The van der Waals surface area contributed by atoms with Crippen molar-refractivity contribution >= 4 is 21.7 Å². The van der Waals surface area contributed by atoms with Gasteiger partial charge in [0.05, 0.1) is 4.47 Å². The van der Waals surface area contributed by atoms with Gasteiger partial charge in [-0.1, -0.05) is 13.0 Å². The van der Waals surface area contributed by atoms with Crippen molar-refractivity contribution in [2.24, 2.45) is 17.3 Å². The molecule has 0 heterocycles. The first kappa shape index (κ1) is 16.6. The van der Waals surface area contributed by atoms with Gasteiger partial charge in [-0.25, -0.2) is 0 Å². The van der Waals surface area contributed by atoms with Crippen molar-refractivity contribution in [3.05, 3.63) is 27.7 Å². The minimum absolute atomic E-state index is 0.0442. The molecular formula is C20H25BrO3. The number of ketones is 1. The third kappa shape index (κ3) is 2.37. The number of hydrogen-bond donors (Lipinski definition) is 0. The largest absolute Gasteiger partial charge is 0.466 e. The highest BCUT2D eigenvalue weighted by atomic mass is 79.9. The molecule has 0 amide bonds. The van der Waals surface area contributed by atoms with E-state index in [-0.39, 0.29) is 12.2 Å². The van der Waals surface area contributed by atoms with Gasteiger partial charge in [0.15, 0.2) is 6.79 Å². The van der Waals surface area contributed by atoms with Crippen LogP contribution in [0.5, 0.6) is 5.75 Å². The fourth-order valence-corrected chi connectivity index (χ4v) is 6.28. The van der Waals surface area contributed by atoms with Crippen LogP contribution in [-0.4, -0.2) is 19.7 Å². The summed E-state index contributed by atoms with van der Waals surface area (Å²) in [4.78, 5) is 12.4. The lowest BCUT2D eigenvalue weighted by molar-refractivity contribution is -0.129. The highest BCUT2D eigenvalue weighted by Crippen LogP contribution is 2.60. The summed E-state index contributed by atoms with van der Waals surface area (Å²) in [5, 5.41) is 0. The number of fused-ring (bicyclic) bond motifs is 5. The summed E-state index contributed by atoms with van der Waals surface area (Å²) in [7, 11) is 1.64. The van der Waals surface area contributed by atoms with Gasteiger partial charge in [0, 0.05) is 18.9 Å². The van der Waals surface area contributed by atoms with Crippen LogP contribution in [0.25, 0.3) is 0 Å². The second kappa shape index (κ2) is 6.14. The smallest absolute Gasteiger partial charge is 0.188 e. The van der Waals surface area contributed by atoms with Gasteiger partial charge in [-0.3, -0.25) is 4.79 Å². The summed E-state index contributed by atoms with van der Waals surface area (Å²) in [6.07, 6.45) is 6.35. The Bertz CT molecular complexity index is 671. The van der Waals surface area contributed by atoms with Gasteiger partial charge in [0.1, 0.15) is 11.5 Å². The average Bonchev–Trinajstić information content (AvgIpc) is 2.89. The van der Waals surface area contributed by atoms with E-state index in [1.54, 1.807) is 7.11 Å². The Hall–Kier alpha value is -0.870. The van der Waals surface area contributed by atoms with Gasteiger partial charge >= 0.3 is 0 Å². The lowest BCUT2D eigenvalue weighted by Crippen LogP contribution is -2.42. The van der Waals surface area contributed by atoms with E-state index >= 15 is 0 Å². The molecule has 0 saturated heterocycles. The first-order chi connectivity index (χ1) is 11.6. The van der Waals surface area contributed by atoms with Crippen LogP contribution >= 0.6 is 15.9 Å². The normalized spacial score (nSPS) is 34.5. The maximum absolute atomic E-state index is 12.4. The SMILES string of the molecule is COCOc1ccc2c(c1Br)CC[C@@H]1[C@@H]2CC[C@]2(C)C(=O)CC[C@@H]12. The Kier molecular flexibility index (Phi) is 4.24. The van der Waals surface area contributed by atoms with E-state index in [1.807, 2.05) is 0 Å². The second-order valence-electron chi connectivity index (χ2n) is 7.83. The van der Waals surface area contributed by atoms with E-state index in [4.69, 9.17) is 9.47 Å². The molecule has 3 aliphatic carbocycles. The zero-order valence-corrected chi connectivity index (χ0v) is 16.0. The zero-order valence-electron chi connectivity index (χ0n) is 14.4. The number of carbonyl (C=O) groups excluding carboxylic acids is 1. The molecule has 0 aromatic heterocycles. The van der Waals surface area contributed by atoms with Crippen molar-refractivity contribution in [2.75, 3.05) is 13.9 Å². The van der Waals surface area contributed by atoms with Crippen molar-refractivity contribution in [2.45, 2.75) is 51.4 Å². The minimum atomic E-state index is -0.0442. The number of hydrogen-bond acceptors (Lipinski definition) is 3. The molecule has 3 nitrogen and oxygen atoms in total. The van der Waals surface area contributed by atoms with Gasteiger partial charge in [0.25, 0.3) is 0 Å². The monoisotopic (exact) mass is 392 g/mol. The van der Waals surface area contributed by atoms with Crippen LogP contribution in [0.2, 0.25) is 0 Å². The van der Waals surface area contributed by atoms with E-state index in [9.17, 15) is 4.79 Å². The topological polar surface area (TPSA) is 35.5 Å². The molecule has 24 heavy (non-hydrogen) atoms. The van der Waals surface area contributed by atoms with E-state index in [0.717, 1.165) is 42.3 Å². The van der Waals surface area contributed by atoms with Crippen molar-refractivity contribution in [1.29, 1.82) is 0 Å². The molecule has 0 radical (unpaired) electrons. The summed E-state index contributed by atoms with van der Waals surface area (Å²) in [5.41, 5.74) is 2.83. The number of rotatable bonds is 3. The predicted molar refractivity (Wildman–Crippen MR) is 96.3 cm³/mol. The van der Waals surface area contributed by atoms with Crippen LogP contribution < -0.4 is 4.74 Å². The maximum atomic E-state index is 12.4. The Balaban J connectivity index is 1.66. The number of carbonyl (C=O) groups is 1. The molecule has 1 aromatic carbocycles. The second-order valence-corrected chi connectivity index (χ2v) is 8.62. The summed E-state index contributed by atoms with van der Waals surface area (Å²) in [5.74, 6) is 3.23. The number of halogens is 1. The molecule has 0 aliphatic heterocycles. The van der Waals surface area contributed by atoms with Crippen LogP contribution in [-0.2, 0) is 16.0 Å². The minimum Gasteiger partial charge on any atom is -0.466 e. The van der Waals surface area contributed by atoms with Crippen molar-refractivity contribution < 1.29 is 14.3 Å². The molecule has 4 rings (SSSR count). The molecule has 0 N–H and O–H groups in total. The number of ether oxygens (including phenoxy) is 2. The molecule has 0 spiro atoms. The standard InChI is InChI=1S/C20H25BrO3/c1-20-10-9-13-12-5-7-17(24-11-23-2)19(21)15(12)4-3-14(13)16(20)6-8-18(20)22/h5,7,13-14,16H,3-4,6,8-11H2,1-2H3/t13-,14-,16+,20+/m1/s1. The van der Waals surface area contributed by atoms with Crippen LogP contribution in [0.3, 0.4) is 0 Å². The van der Waals surface area contributed by atoms with Gasteiger partial charge in [0.2, 0.25) is 0 Å². The summed E-state index contributed by atoms with van der Waals surface area (Å²) in [6, 6.07) is 4.32. The molecule has 4 atom stereocenters. The molecular weight excluding hydrogens is 368 g/mol. The third-order valence-electron chi connectivity index (χ3n) is 6.85. The fraction of sp³-hybridized carbons (Fsp3) is 0.650. The Morgan fingerprint density at radius 3 is 2.88 bits per heavy atom. The quantitative estimate of drug-likeness (QED) is 0.689. The summed E-state index contributed by atoms with van der Waals surface area (Å²) < 4.78 is 11.8. The molecule has 3 aliphatic rings. The van der Waals surface area contributed by atoms with Crippen LogP contribution in [0.1, 0.15) is 56.1 Å². The molecule has 4 heteroatoms. The summed E-state index contributed by atoms with van der Waals surface area (Å²) in [6.45, 7) is 2.50. The first-order valence-corrected chi connectivity index (χ1v) is 9.82. The number of Topliss-reactive ketones (excluding diaryl/α,β-unsaturated/α-hetero) is 1. The van der Waals surface area contributed by atoms with Gasteiger partial charge in [-0.05, 0) is 83.0 Å². The lowest BCUT2D eigenvalue weighted by atomic mass is 9.55. The van der Waals surface area contributed by atoms with E-state index in [1.165, 1.54) is 17.5 Å². The maximum Gasteiger partial charge on any atom is 0.188 e. The fourth-order valence-electron chi connectivity index (χ4n) is 5.61. The number of methoxy groups -OCH3 is 1. The van der Waals surface area contributed by atoms with Crippen molar-refractivity contribution in [3.8, 4) is 5.75 Å². The van der Waals surface area contributed by atoms with Crippen LogP contribution in [0.15, 0.2) is 16.6 Å². The van der Waals surface area contributed by atoms with Crippen molar-refractivity contribution in [1.82, 2.24) is 0 Å². The Labute approximate surface area is 152 Å². The highest BCUT2D eigenvalue weighted by molar-refractivity contribution is 9.10. The third-order valence-corrected chi connectivity index (χ3v) is 7.72. The Morgan fingerprint density at radius 2 is 2.08 bits per heavy atom. The van der Waals surface area contributed by atoms with E-state index in [2.05, 4.69) is 35.0 Å². The predicted octanol–water partition coefficient (Wildman–Crippen LogP) is 4.86. The van der Waals surface area contributed by atoms with Crippen LogP contribution in [0.4, 0.5) is 0 Å². The lowest BCUT2D eigenvalue weighted by Gasteiger charge is -2.48. The average molecular weight is 393 g/mol. The first-order valence-electron chi connectivity index (χ1n) is 9.02. The molecule has 2 saturated carbocycles. The number of benzene rings is 1. The highest BCUT2D eigenvalue weighted by Gasteiger charge is 2.54. The molecule has 0 unspecified atom stereocenters. The van der Waals surface area contributed by atoms with E-state index < -0.39 is 0 Å². The van der Waals surface area contributed by atoms with Gasteiger partial charge in [-0.2, -0.15) is 0 Å². The molecule has 0 bridgehead atoms. The molecule has 130 valence electrons. The van der Waals surface area contributed by atoms with Crippen LogP contribution in [0, 0.1) is 17.3 Å². The van der Waals surface area contributed by atoms with Crippen molar-refractivity contribution in [3.63, 3.8) is 0 Å². The molecule has 1 aromatic rings. The Morgan fingerprint density at radius 1 is 1.25 bits per heavy atom. The zero-order chi connectivity index (χ0) is 16.9.